The molecule has 1 atom stereocenters. The average Bonchev–Trinajstić information content (AvgIpc) is 2.92. The molecule has 4 heteroatoms. The van der Waals surface area contributed by atoms with Gasteiger partial charge in [0.2, 0.25) is 5.91 Å². The molecule has 4 nitrogen and oxygen atoms in total. The smallest absolute Gasteiger partial charge is 0.247 e. The zero-order chi connectivity index (χ0) is 21.3. The number of rotatable bonds is 2. The number of fused-ring (bicyclic) bond motifs is 5. The third-order valence-corrected chi connectivity index (χ3v) is 6.68. The van der Waals surface area contributed by atoms with E-state index in [1.54, 1.807) is 11.0 Å². The SMILES string of the molecule is C=CCN1C(=O)C2(C3=C(CC(C)(C)CC3=O)Nc3c(C)cccc32)c2ccccc21. The van der Waals surface area contributed by atoms with Gasteiger partial charge in [-0.1, -0.05) is 56.3 Å². The summed E-state index contributed by atoms with van der Waals surface area (Å²) in [5, 5.41) is 3.57. The van der Waals surface area contributed by atoms with E-state index in [4.69, 9.17) is 0 Å². The number of carbonyl (C=O) groups excluding carboxylic acids is 2. The zero-order valence-electron chi connectivity index (χ0n) is 17.7. The van der Waals surface area contributed by atoms with Gasteiger partial charge in [0.15, 0.2) is 5.78 Å². The number of hydrogen-bond donors (Lipinski definition) is 1. The van der Waals surface area contributed by atoms with Crippen LogP contribution in [0.5, 0.6) is 0 Å². The van der Waals surface area contributed by atoms with E-state index in [1.165, 1.54) is 0 Å². The van der Waals surface area contributed by atoms with Crippen molar-refractivity contribution in [2.24, 2.45) is 5.41 Å². The summed E-state index contributed by atoms with van der Waals surface area (Å²) in [4.78, 5) is 29.6. The highest BCUT2D eigenvalue weighted by Gasteiger charge is 2.60. The van der Waals surface area contributed by atoms with E-state index in [-0.39, 0.29) is 17.1 Å². The minimum absolute atomic E-state index is 0.0579. The van der Waals surface area contributed by atoms with Crippen molar-refractivity contribution in [3.05, 3.63) is 83.1 Å². The number of anilines is 2. The number of amides is 1. The third-order valence-electron chi connectivity index (χ3n) is 6.68. The first-order chi connectivity index (χ1) is 14.3. The molecule has 152 valence electrons. The number of benzene rings is 2. The van der Waals surface area contributed by atoms with Crippen LogP contribution in [0.4, 0.5) is 11.4 Å². The molecule has 0 saturated carbocycles. The molecule has 1 spiro atoms. The Kier molecular flexibility index (Phi) is 3.88. The van der Waals surface area contributed by atoms with Gasteiger partial charge in [-0.2, -0.15) is 0 Å². The van der Waals surface area contributed by atoms with Crippen molar-refractivity contribution in [1.82, 2.24) is 0 Å². The van der Waals surface area contributed by atoms with Crippen molar-refractivity contribution < 1.29 is 9.59 Å². The van der Waals surface area contributed by atoms with Crippen molar-refractivity contribution in [2.45, 2.75) is 39.0 Å². The molecule has 2 aromatic rings. The molecule has 2 aliphatic heterocycles. The molecule has 1 N–H and O–H groups in total. The van der Waals surface area contributed by atoms with Crippen LogP contribution in [0.1, 0.15) is 43.4 Å². The first-order valence-electron chi connectivity index (χ1n) is 10.5. The molecule has 0 aromatic heterocycles. The lowest BCUT2D eigenvalue weighted by atomic mass is 9.60. The van der Waals surface area contributed by atoms with E-state index < -0.39 is 5.41 Å². The second-order valence-electron chi connectivity index (χ2n) is 9.39. The second-order valence-corrected chi connectivity index (χ2v) is 9.39. The highest BCUT2D eigenvalue weighted by Crippen LogP contribution is 2.58. The van der Waals surface area contributed by atoms with Gasteiger partial charge < -0.3 is 10.2 Å². The van der Waals surface area contributed by atoms with E-state index in [0.29, 0.717) is 18.5 Å². The zero-order valence-corrected chi connectivity index (χ0v) is 17.7. The fourth-order valence-corrected chi connectivity index (χ4v) is 5.56. The van der Waals surface area contributed by atoms with Crippen LogP contribution in [0, 0.1) is 12.3 Å². The number of hydrogen-bond acceptors (Lipinski definition) is 3. The number of Topliss-reactive ketones (excluding diaryl/α,β-unsaturated/α-hetero) is 1. The standard InChI is InChI=1S/C26H26N2O2/c1-5-13-28-20-12-7-6-10-17(20)26(24(28)30)18-11-8-9-16(2)23(18)27-19-14-25(3,4)15-21(29)22(19)26/h5-12,27H,1,13-15H2,2-4H3. The number of para-hydroxylation sites is 2. The Morgan fingerprint density at radius 1 is 1.07 bits per heavy atom. The summed E-state index contributed by atoms with van der Waals surface area (Å²) >= 11 is 0. The summed E-state index contributed by atoms with van der Waals surface area (Å²) in [5.74, 6) is 0.00187. The Labute approximate surface area is 177 Å². The van der Waals surface area contributed by atoms with Crippen LogP contribution in [-0.4, -0.2) is 18.2 Å². The van der Waals surface area contributed by atoms with Gasteiger partial charge in [0.1, 0.15) is 5.41 Å². The van der Waals surface area contributed by atoms with Crippen molar-refractivity contribution in [2.75, 3.05) is 16.8 Å². The summed E-state index contributed by atoms with van der Waals surface area (Å²) < 4.78 is 0. The first kappa shape index (κ1) is 18.9. The molecule has 2 aromatic carbocycles. The Balaban J connectivity index is 1.91. The molecule has 3 aliphatic rings. The summed E-state index contributed by atoms with van der Waals surface area (Å²) in [5.41, 5.74) is 4.92. The molecule has 30 heavy (non-hydrogen) atoms. The highest BCUT2D eigenvalue weighted by atomic mass is 16.2. The summed E-state index contributed by atoms with van der Waals surface area (Å²) in [6, 6.07) is 13.9. The number of nitrogens with zero attached hydrogens (tertiary/aromatic N) is 1. The van der Waals surface area contributed by atoms with E-state index >= 15 is 0 Å². The van der Waals surface area contributed by atoms with Gasteiger partial charge >= 0.3 is 0 Å². The molecule has 0 radical (unpaired) electrons. The summed E-state index contributed by atoms with van der Waals surface area (Å²) in [6.07, 6.45) is 2.92. The molecule has 1 amide bonds. The van der Waals surface area contributed by atoms with Crippen LogP contribution in [0.3, 0.4) is 0 Å². The van der Waals surface area contributed by atoms with E-state index in [1.807, 2.05) is 49.4 Å². The van der Waals surface area contributed by atoms with Gasteiger partial charge in [-0.25, -0.2) is 0 Å². The van der Waals surface area contributed by atoms with Gasteiger partial charge in [0, 0.05) is 46.7 Å². The number of aryl methyl sites for hydroxylation is 1. The largest absolute Gasteiger partial charge is 0.358 e. The van der Waals surface area contributed by atoms with Gasteiger partial charge in [-0.05, 0) is 30.4 Å². The third kappa shape index (κ3) is 2.28. The predicted octanol–water partition coefficient (Wildman–Crippen LogP) is 4.88. The number of allylic oxidation sites excluding steroid dienone is 1. The molecule has 0 saturated heterocycles. The van der Waals surface area contributed by atoms with Gasteiger partial charge in [-0.15, -0.1) is 6.58 Å². The van der Waals surface area contributed by atoms with Crippen LogP contribution in [0.2, 0.25) is 0 Å². The maximum absolute atomic E-state index is 14.2. The number of nitrogens with one attached hydrogen (secondary N) is 1. The van der Waals surface area contributed by atoms with Crippen LogP contribution >= 0.6 is 0 Å². The molecule has 0 bridgehead atoms. The van der Waals surface area contributed by atoms with Gasteiger partial charge in [0.05, 0.1) is 0 Å². The highest BCUT2D eigenvalue weighted by molar-refractivity contribution is 6.21. The Hall–Kier alpha value is -3.14. The lowest BCUT2D eigenvalue weighted by Crippen LogP contribution is -2.50. The molecular weight excluding hydrogens is 372 g/mol. The monoisotopic (exact) mass is 398 g/mol. The molecule has 1 unspecified atom stereocenters. The molecule has 5 rings (SSSR count). The quantitative estimate of drug-likeness (QED) is 0.734. The Morgan fingerprint density at radius 3 is 2.57 bits per heavy atom. The molecule has 0 fully saturated rings. The topological polar surface area (TPSA) is 49.4 Å². The second kappa shape index (κ2) is 6.18. The summed E-state index contributed by atoms with van der Waals surface area (Å²) in [7, 11) is 0. The van der Waals surface area contributed by atoms with Gasteiger partial charge in [0.25, 0.3) is 0 Å². The molecule has 2 heterocycles. The van der Waals surface area contributed by atoms with Crippen molar-refractivity contribution in [1.29, 1.82) is 0 Å². The van der Waals surface area contributed by atoms with E-state index in [9.17, 15) is 9.59 Å². The lowest BCUT2D eigenvalue weighted by molar-refractivity contribution is -0.124. The number of ketones is 1. The van der Waals surface area contributed by atoms with E-state index in [2.05, 4.69) is 25.7 Å². The maximum Gasteiger partial charge on any atom is 0.247 e. The number of carbonyl (C=O) groups is 2. The molecular formula is C26H26N2O2. The molecule has 1 aliphatic carbocycles. The van der Waals surface area contributed by atoms with Crippen LogP contribution in [0.15, 0.2) is 66.4 Å². The normalized spacial score (nSPS) is 23.8. The predicted molar refractivity (Wildman–Crippen MR) is 120 cm³/mol. The van der Waals surface area contributed by atoms with E-state index in [0.717, 1.165) is 40.2 Å². The Bertz CT molecular complexity index is 1160. The van der Waals surface area contributed by atoms with Crippen LogP contribution < -0.4 is 10.2 Å². The summed E-state index contributed by atoms with van der Waals surface area (Å²) in [6.45, 7) is 10.5. The van der Waals surface area contributed by atoms with Crippen molar-refractivity contribution in [3.63, 3.8) is 0 Å². The minimum atomic E-state index is -1.10. The van der Waals surface area contributed by atoms with Crippen LogP contribution in [0.25, 0.3) is 0 Å². The Morgan fingerprint density at radius 2 is 1.80 bits per heavy atom. The average molecular weight is 399 g/mol. The van der Waals surface area contributed by atoms with Crippen molar-refractivity contribution >= 4 is 23.1 Å². The maximum atomic E-state index is 14.2. The first-order valence-corrected chi connectivity index (χ1v) is 10.5. The fourth-order valence-electron chi connectivity index (χ4n) is 5.56. The lowest BCUT2D eigenvalue weighted by Gasteiger charge is -2.44. The minimum Gasteiger partial charge on any atom is -0.358 e. The fraction of sp³-hybridized carbons (Fsp3) is 0.308. The van der Waals surface area contributed by atoms with Crippen molar-refractivity contribution in [3.8, 4) is 0 Å². The van der Waals surface area contributed by atoms with Crippen LogP contribution in [-0.2, 0) is 15.0 Å². The van der Waals surface area contributed by atoms with Gasteiger partial charge in [-0.3, -0.25) is 9.59 Å².